The molecule has 2 aromatic rings. The van der Waals surface area contributed by atoms with Crippen molar-refractivity contribution in [2.75, 3.05) is 25.5 Å². The number of hydrogen-bond acceptors (Lipinski definition) is 4. The molecule has 0 unspecified atom stereocenters. The number of nitrogens with one attached hydrogen (secondary N) is 1. The lowest BCUT2D eigenvalue weighted by Gasteiger charge is -2.26. The monoisotopic (exact) mass is 430 g/mol. The highest BCUT2D eigenvalue weighted by Crippen LogP contribution is 2.30. The Balaban J connectivity index is 1.73. The van der Waals surface area contributed by atoms with Crippen LogP contribution in [0, 0.1) is 13.8 Å². The molecule has 2 aromatic carbocycles. The molecule has 0 atom stereocenters. The number of rotatable bonds is 7. The van der Waals surface area contributed by atoms with Crippen LogP contribution in [0.3, 0.4) is 0 Å². The molecule has 0 saturated carbocycles. The van der Waals surface area contributed by atoms with Gasteiger partial charge in [0.15, 0.2) is 0 Å². The van der Waals surface area contributed by atoms with Crippen LogP contribution < -0.4 is 10.1 Å². The lowest BCUT2D eigenvalue weighted by molar-refractivity contribution is -0.116. The molecule has 6 nitrogen and oxygen atoms in total. The van der Waals surface area contributed by atoms with Gasteiger partial charge < -0.3 is 10.1 Å². The zero-order chi connectivity index (χ0) is 21.7. The van der Waals surface area contributed by atoms with Crippen molar-refractivity contribution < 1.29 is 17.9 Å². The molecule has 0 aliphatic carbocycles. The molecule has 1 amide bonds. The van der Waals surface area contributed by atoms with Crippen LogP contribution in [0.5, 0.6) is 5.75 Å². The van der Waals surface area contributed by atoms with Crippen molar-refractivity contribution in [3.05, 3.63) is 53.1 Å². The third kappa shape index (κ3) is 5.21. The predicted molar refractivity (Wildman–Crippen MR) is 118 cm³/mol. The van der Waals surface area contributed by atoms with Gasteiger partial charge in [0.25, 0.3) is 0 Å². The van der Waals surface area contributed by atoms with Gasteiger partial charge in [-0.2, -0.15) is 4.31 Å². The third-order valence-corrected chi connectivity index (χ3v) is 7.50. The van der Waals surface area contributed by atoms with Gasteiger partial charge >= 0.3 is 0 Å². The summed E-state index contributed by atoms with van der Waals surface area (Å²) >= 11 is 0. The van der Waals surface area contributed by atoms with E-state index in [1.54, 1.807) is 6.07 Å². The smallest absolute Gasteiger partial charge is 0.243 e. The van der Waals surface area contributed by atoms with Crippen LogP contribution in [-0.4, -0.2) is 38.8 Å². The number of ether oxygens (including phenoxy) is 1. The first-order valence-corrected chi connectivity index (χ1v) is 11.8. The third-order valence-electron chi connectivity index (χ3n) is 5.61. The zero-order valence-electron chi connectivity index (χ0n) is 17.9. The van der Waals surface area contributed by atoms with Crippen molar-refractivity contribution in [1.82, 2.24) is 4.31 Å². The second kappa shape index (κ2) is 9.62. The molecule has 1 heterocycles. The molecule has 1 saturated heterocycles. The number of anilines is 1. The van der Waals surface area contributed by atoms with Gasteiger partial charge in [0.05, 0.1) is 17.7 Å². The molecule has 1 aliphatic rings. The fraction of sp³-hybridized carbons (Fsp3) is 0.435. The topological polar surface area (TPSA) is 75.7 Å². The van der Waals surface area contributed by atoms with Gasteiger partial charge in [-0.05, 0) is 68.0 Å². The van der Waals surface area contributed by atoms with Crippen molar-refractivity contribution in [2.45, 2.75) is 50.8 Å². The normalized spacial score (nSPS) is 15.0. The van der Waals surface area contributed by atoms with Crippen LogP contribution in [0.4, 0.5) is 5.69 Å². The molecule has 7 heteroatoms. The average molecular weight is 431 g/mol. The van der Waals surface area contributed by atoms with E-state index in [9.17, 15) is 13.2 Å². The molecule has 3 rings (SSSR count). The van der Waals surface area contributed by atoms with Crippen LogP contribution in [0.25, 0.3) is 0 Å². The minimum atomic E-state index is -3.58. The minimum absolute atomic E-state index is 0.176. The maximum atomic E-state index is 13.0. The standard InChI is InChI=1S/C23H30N2O4S/c1-17-7-8-19(15-18(17)2)9-12-23(26)24-21-16-20(10-11-22(21)29-3)30(27,28)25-13-5-4-6-14-25/h7-8,10-11,15-16H,4-6,9,12-14H2,1-3H3,(H,24,26). The highest BCUT2D eigenvalue weighted by atomic mass is 32.2. The fourth-order valence-electron chi connectivity index (χ4n) is 3.63. The number of carbonyl (C=O) groups excluding carboxylic acids is 1. The molecule has 1 aliphatic heterocycles. The van der Waals surface area contributed by atoms with Crippen molar-refractivity contribution in [3.63, 3.8) is 0 Å². The van der Waals surface area contributed by atoms with Gasteiger partial charge in [-0.15, -0.1) is 0 Å². The number of methoxy groups -OCH3 is 1. The van der Waals surface area contributed by atoms with Crippen molar-refractivity contribution in [3.8, 4) is 5.75 Å². The van der Waals surface area contributed by atoms with Crippen LogP contribution in [0.2, 0.25) is 0 Å². The van der Waals surface area contributed by atoms with E-state index in [2.05, 4.69) is 31.3 Å². The van der Waals surface area contributed by atoms with Crippen LogP contribution in [0.15, 0.2) is 41.3 Å². The summed E-state index contributed by atoms with van der Waals surface area (Å²) in [5, 5.41) is 2.83. The van der Waals surface area contributed by atoms with E-state index in [-0.39, 0.29) is 10.8 Å². The summed E-state index contributed by atoms with van der Waals surface area (Å²) in [4.78, 5) is 12.7. The Morgan fingerprint density at radius 2 is 1.77 bits per heavy atom. The van der Waals surface area contributed by atoms with E-state index < -0.39 is 10.0 Å². The van der Waals surface area contributed by atoms with Gasteiger partial charge in [-0.3, -0.25) is 4.79 Å². The molecule has 1 N–H and O–H groups in total. The van der Waals surface area contributed by atoms with Crippen molar-refractivity contribution >= 4 is 21.6 Å². The fourth-order valence-corrected chi connectivity index (χ4v) is 5.17. The summed E-state index contributed by atoms with van der Waals surface area (Å²) < 4.78 is 32.8. The number of piperidine rings is 1. The van der Waals surface area contributed by atoms with E-state index in [0.717, 1.165) is 24.8 Å². The molecule has 0 aromatic heterocycles. The van der Waals surface area contributed by atoms with Crippen LogP contribution >= 0.6 is 0 Å². The second-order valence-corrected chi connectivity index (χ2v) is 9.73. The highest BCUT2D eigenvalue weighted by molar-refractivity contribution is 7.89. The molecule has 1 fully saturated rings. The van der Waals surface area contributed by atoms with E-state index in [1.807, 2.05) is 6.07 Å². The molecule has 30 heavy (non-hydrogen) atoms. The first kappa shape index (κ1) is 22.3. The maximum absolute atomic E-state index is 13.0. The molecule has 162 valence electrons. The Morgan fingerprint density at radius 3 is 2.43 bits per heavy atom. The molecule has 0 spiro atoms. The first-order valence-electron chi connectivity index (χ1n) is 10.4. The minimum Gasteiger partial charge on any atom is -0.495 e. The van der Waals surface area contributed by atoms with Gasteiger partial charge in [-0.25, -0.2) is 8.42 Å². The number of sulfonamides is 1. The predicted octanol–water partition coefficient (Wildman–Crippen LogP) is 4.06. The van der Waals surface area contributed by atoms with E-state index in [1.165, 1.54) is 34.7 Å². The summed E-state index contributed by atoms with van der Waals surface area (Å²) in [5.41, 5.74) is 3.90. The average Bonchev–Trinajstić information content (AvgIpc) is 2.75. The van der Waals surface area contributed by atoms with Crippen molar-refractivity contribution in [2.24, 2.45) is 0 Å². The molecular formula is C23H30N2O4S. The van der Waals surface area contributed by atoms with Gasteiger partial charge in [-0.1, -0.05) is 24.6 Å². The largest absolute Gasteiger partial charge is 0.495 e. The summed E-state index contributed by atoms with van der Waals surface area (Å²) in [6.07, 6.45) is 3.71. The summed E-state index contributed by atoms with van der Waals surface area (Å²) in [5.74, 6) is 0.256. The van der Waals surface area contributed by atoms with E-state index in [4.69, 9.17) is 4.74 Å². The number of amides is 1. The number of hydrogen-bond donors (Lipinski definition) is 1. The number of carbonyl (C=O) groups is 1. The second-order valence-electron chi connectivity index (χ2n) is 7.79. The van der Waals surface area contributed by atoms with E-state index in [0.29, 0.717) is 37.4 Å². The zero-order valence-corrected chi connectivity index (χ0v) is 18.7. The number of nitrogens with zero attached hydrogens (tertiary/aromatic N) is 1. The number of benzene rings is 2. The first-order chi connectivity index (χ1) is 14.3. The lowest BCUT2D eigenvalue weighted by Crippen LogP contribution is -2.35. The van der Waals surface area contributed by atoms with Crippen LogP contribution in [-0.2, 0) is 21.2 Å². The Morgan fingerprint density at radius 1 is 1.03 bits per heavy atom. The van der Waals surface area contributed by atoms with Gasteiger partial charge in [0.1, 0.15) is 5.75 Å². The van der Waals surface area contributed by atoms with Crippen LogP contribution in [0.1, 0.15) is 42.4 Å². The SMILES string of the molecule is COc1ccc(S(=O)(=O)N2CCCCC2)cc1NC(=O)CCc1ccc(C)c(C)c1. The Kier molecular flexibility index (Phi) is 7.15. The molecule has 0 bridgehead atoms. The van der Waals surface area contributed by atoms with Gasteiger partial charge in [0, 0.05) is 19.5 Å². The Labute approximate surface area is 179 Å². The van der Waals surface area contributed by atoms with Gasteiger partial charge in [0.2, 0.25) is 15.9 Å². The maximum Gasteiger partial charge on any atom is 0.243 e. The summed E-state index contributed by atoms with van der Waals surface area (Å²) in [7, 11) is -2.08. The molecule has 0 radical (unpaired) electrons. The van der Waals surface area contributed by atoms with E-state index >= 15 is 0 Å². The summed E-state index contributed by atoms with van der Waals surface area (Å²) in [6.45, 7) is 5.18. The lowest BCUT2D eigenvalue weighted by atomic mass is 10.0. The Bertz CT molecular complexity index is 1010. The number of aryl methyl sites for hydroxylation is 3. The molecular weight excluding hydrogens is 400 g/mol. The summed E-state index contributed by atoms with van der Waals surface area (Å²) in [6, 6.07) is 10.8. The highest BCUT2D eigenvalue weighted by Gasteiger charge is 2.27. The Hall–Kier alpha value is -2.38. The quantitative estimate of drug-likeness (QED) is 0.719. The van der Waals surface area contributed by atoms with Crippen molar-refractivity contribution in [1.29, 1.82) is 0 Å².